The van der Waals surface area contributed by atoms with Gasteiger partial charge in [0.15, 0.2) is 0 Å². The maximum atomic E-state index is 6.16. The molecule has 1 atom stereocenters. The van der Waals surface area contributed by atoms with E-state index in [1.807, 2.05) is 24.3 Å². The number of hydrogen-bond donors (Lipinski definition) is 1. The number of benzene rings is 1. The Bertz CT molecular complexity index is 390. The molecule has 1 unspecified atom stereocenters. The SMILES string of the molecule is NC(C1=CCCC=C1)c1ccc(Cl)cc1. The van der Waals surface area contributed by atoms with E-state index in [9.17, 15) is 0 Å². The van der Waals surface area contributed by atoms with Gasteiger partial charge in [0.1, 0.15) is 0 Å². The molecule has 0 aliphatic heterocycles. The number of nitrogens with two attached hydrogens (primary N) is 1. The molecular weight excluding hydrogens is 206 g/mol. The zero-order valence-corrected chi connectivity index (χ0v) is 9.24. The first-order chi connectivity index (χ1) is 7.27. The van der Waals surface area contributed by atoms with Crippen molar-refractivity contribution in [2.24, 2.45) is 5.73 Å². The van der Waals surface area contributed by atoms with Crippen LogP contribution in [-0.4, -0.2) is 0 Å². The molecule has 15 heavy (non-hydrogen) atoms. The summed E-state index contributed by atoms with van der Waals surface area (Å²) in [6.45, 7) is 0. The van der Waals surface area contributed by atoms with Crippen LogP contribution in [0, 0.1) is 0 Å². The van der Waals surface area contributed by atoms with E-state index in [-0.39, 0.29) is 6.04 Å². The van der Waals surface area contributed by atoms with Crippen LogP contribution < -0.4 is 5.73 Å². The molecule has 1 aliphatic rings. The summed E-state index contributed by atoms with van der Waals surface area (Å²) >= 11 is 5.83. The van der Waals surface area contributed by atoms with Crippen LogP contribution in [0.2, 0.25) is 5.02 Å². The molecule has 0 radical (unpaired) electrons. The normalized spacial score (nSPS) is 17.3. The standard InChI is InChI=1S/C13H14ClN/c14-12-8-6-11(7-9-12)13(15)10-4-2-1-3-5-10/h2,4-9,13H,1,3,15H2. The summed E-state index contributed by atoms with van der Waals surface area (Å²) in [5.74, 6) is 0. The molecule has 0 bridgehead atoms. The van der Waals surface area contributed by atoms with Gasteiger partial charge in [-0.3, -0.25) is 0 Å². The van der Waals surface area contributed by atoms with Crippen LogP contribution in [0.5, 0.6) is 0 Å². The first-order valence-electron chi connectivity index (χ1n) is 5.15. The minimum atomic E-state index is -0.0289. The minimum Gasteiger partial charge on any atom is -0.320 e. The van der Waals surface area contributed by atoms with Crippen molar-refractivity contribution >= 4 is 11.6 Å². The average Bonchev–Trinajstić information content (AvgIpc) is 2.30. The zero-order valence-electron chi connectivity index (χ0n) is 8.49. The summed E-state index contributed by atoms with van der Waals surface area (Å²) < 4.78 is 0. The van der Waals surface area contributed by atoms with Crippen molar-refractivity contribution in [1.82, 2.24) is 0 Å². The molecule has 0 saturated heterocycles. The molecule has 0 fully saturated rings. The highest BCUT2D eigenvalue weighted by atomic mass is 35.5. The Kier molecular flexibility index (Phi) is 3.24. The van der Waals surface area contributed by atoms with E-state index >= 15 is 0 Å². The summed E-state index contributed by atoms with van der Waals surface area (Å²) in [4.78, 5) is 0. The van der Waals surface area contributed by atoms with E-state index in [0.29, 0.717) is 0 Å². The molecule has 2 N–H and O–H groups in total. The fourth-order valence-corrected chi connectivity index (χ4v) is 1.85. The van der Waals surface area contributed by atoms with Crippen LogP contribution >= 0.6 is 11.6 Å². The quantitative estimate of drug-likeness (QED) is 0.808. The third kappa shape index (κ3) is 2.49. The van der Waals surface area contributed by atoms with E-state index < -0.39 is 0 Å². The van der Waals surface area contributed by atoms with Crippen LogP contribution in [0.25, 0.3) is 0 Å². The van der Waals surface area contributed by atoms with Gasteiger partial charge in [-0.05, 0) is 36.1 Å². The highest BCUT2D eigenvalue weighted by Crippen LogP contribution is 2.24. The Morgan fingerprint density at radius 3 is 2.47 bits per heavy atom. The second-order valence-corrected chi connectivity index (χ2v) is 4.15. The van der Waals surface area contributed by atoms with Crippen LogP contribution in [0.4, 0.5) is 0 Å². The van der Waals surface area contributed by atoms with Crippen LogP contribution in [0.1, 0.15) is 24.4 Å². The maximum Gasteiger partial charge on any atom is 0.0548 e. The van der Waals surface area contributed by atoms with Crippen molar-refractivity contribution in [2.75, 3.05) is 0 Å². The van der Waals surface area contributed by atoms with Crippen molar-refractivity contribution in [3.8, 4) is 0 Å². The van der Waals surface area contributed by atoms with Gasteiger partial charge < -0.3 is 5.73 Å². The van der Waals surface area contributed by atoms with E-state index in [0.717, 1.165) is 23.4 Å². The Labute approximate surface area is 95.2 Å². The lowest BCUT2D eigenvalue weighted by molar-refractivity contribution is 0.843. The van der Waals surface area contributed by atoms with Gasteiger partial charge in [0.2, 0.25) is 0 Å². The van der Waals surface area contributed by atoms with Crippen LogP contribution in [0.3, 0.4) is 0 Å². The zero-order chi connectivity index (χ0) is 10.7. The Morgan fingerprint density at radius 2 is 1.87 bits per heavy atom. The summed E-state index contributed by atoms with van der Waals surface area (Å²) in [5.41, 5.74) is 8.46. The fourth-order valence-electron chi connectivity index (χ4n) is 1.73. The molecule has 0 aromatic heterocycles. The van der Waals surface area contributed by atoms with Gasteiger partial charge in [-0.2, -0.15) is 0 Å². The smallest absolute Gasteiger partial charge is 0.0548 e. The van der Waals surface area contributed by atoms with Gasteiger partial charge in [-0.25, -0.2) is 0 Å². The summed E-state index contributed by atoms with van der Waals surface area (Å²) in [7, 11) is 0. The van der Waals surface area contributed by atoms with Crippen molar-refractivity contribution in [1.29, 1.82) is 0 Å². The number of allylic oxidation sites excluding steroid dienone is 2. The molecule has 1 aromatic rings. The summed E-state index contributed by atoms with van der Waals surface area (Å²) in [6.07, 6.45) is 8.71. The molecule has 2 heteroatoms. The Balaban J connectivity index is 2.20. The molecule has 0 spiro atoms. The third-order valence-electron chi connectivity index (χ3n) is 2.61. The lowest BCUT2D eigenvalue weighted by Gasteiger charge is -2.15. The van der Waals surface area contributed by atoms with Gasteiger partial charge >= 0.3 is 0 Å². The monoisotopic (exact) mass is 219 g/mol. The second kappa shape index (κ2) is 4.65. The molecular formula is C13H14ClN. The highest BCUT2D eigenvalue weighted by molar-refractivity contribution is 6.30. The van der Waals surface area contributed by atoms with Crippen molar-refractivity contribution < 1.29 is 0 Å². The molecule has 0 amide bonds. The fraction of sp³-hybridized carbons (Fsp3) is 0.231. The van der Waals surface area contributed by atoms with Gasteiger partial charge in [0.25, 0.3) is 0 Å². The summed E-state index contributed by atoms with van der Waals surface area (Å²) in [6, 6.07) is 7.69. The molecule has 78 valence electrons. The summed E-state index contributed by atoms with van der Waals surface area (Å²) in [5, 5.41) is 0.749. The van der Waals surface area contributed by atoms with E-state index in [4.69, 9.17) is 17.3 Å². The highest BCUT2D eigenvalue weighted by Gasteiger charge is 2.10. The van der Waals surface area contributed by atoms with Gasteiger partial charge in [0.05, 0.1) is 6.04 Å². The first-order valence-corrected chi connectivity index (χ1v) is 5.53. The predicted octanol–water partition coefficient (Wildman–Crippen LogP) is 3.62. The molecule has 0 heterocycles. The topological polar surface area (TPSA) is 26.0 Å². The lowest BCUT2D eigenvalue weighted by atomic mass is 9.95. The van der Waals surface area contributed by atoms with E-state index in [1.165, 1.54) is 5.57 Å². The van der Waals surface area contributed by atoms with E-state index in [2.05, 4.69) is 18.2 Å². The van der Waals surface area contributed by atoms with Gasteiger partial charge in [-0.15, -0.1) is 0 Å². The maximum absolute atomic E-state index is 6.16. The lowest BCUT2D eigenvalue weighted by Crippen LogP contribution is -2.12. The van der Waals surface area contributed by atoms with Crippen molar-refractivity contribution in [2.45, 2.75) is 18.9 Å². The largest absolute Gasteiger partial charge is 0.320 e. The van der Waals surface area contributed by atoms with Gasteiger partial charge in [-0.1, -0.05) is 42.0 Å². The second-order valence-electron chi connectivity index (χ2n) is 3.71. The van der Waals surface area contributed by atoms with Crippen molar-refractivity contribution in [3.63, 3.8) is 0 Å². The third-order valence-corrected chi connectivity index (χ3v) is 2.86. The molecule has 0 saturated carbocycles. The molecule has 2 rings (SSSR count). The number of hydrogen-bond acceptors (Lipinski definition) is 1. The van der Waals surface area contributed by atoms with Crippen LogP contribution in [-0.2, 0) is 0 Å². The van der Waals surface area contributed by atoms with Gasteiger partial charge in [0, 0.05) is 5.02 Å². The molecule has 1 nitrogen and oxygen atoms in total. The number of rotatable bonds is 2. The minimum absolute atomic E-state index is 0.0289. The Morgan fingerprint density at radius 1 is 1.13 bits per heavy atom. The first kappa shape index (κ1) is 10.5. The molecule has 1 aromatic carbocycles. The van der Waals surface area contributed by atoms with Crippen molar-refractivity contribution in [3.05, 3.63) is 58.7 Å². The average molecular weight is 220 g/mol. The predicted molar refractivity (Wildman–Crippen MR) is 64.8 cm³/mol. The van der Waals surface area contributed by atoms with Crippen LogP contribution in [0.15, 0.2) is 48.1 Å². The Hall–Kier alpha value is -1.05. The van der Waals surface area contributed by atoms with E-state index in [1.54, 1.807) is 0 Å². The molecule has 1 aliphatic carbocycles. The number of halogens is 1.